The Bertz CT molecular complexity index is 381. The lowest BCUT2D eigenvalue weighted by Crippen LogP contribution is -2.15. The van der Waals surface area contributed by atoms with Crippen molar-refractivity contribution in [3.05, 3.63) is 17.5 Å². The first-order valence-electron chi connectivity index (χ1n) is 3.50. The third kappa shape index (κ3) is 1.56. The number of nitrogen functional groups attached to an aromatic ring is 1. The van der Waals surface area contributed by atoms with E-state index in [-0.39, 0.29) is 5.69 Å². The molecule has 0 radical (unpaired) electrons. The molecule has 0 aromatic carbocycles. The Hall–Kier alpha value is -1.92. The van der Waals surface area contributed by atoms with Gasteiger partial charge in [-0.25, -0.2) is 13.8 Å². The van der Waals surface area contributed by atoms with Crippen LogP contribution in [0.25, 0.3) is 0 Å². The van der Waals surface area contributed by atoms with Crippen LogP contribution in [0.2, 0.25) is 0 Å². The molecule has 14 heavy (non-hydrogen) atoms. The Morgan fingerprint density at radius 2 is 2.14 bits per heavy atom. The fourth-order valence-electron chi connectivity index (χ4n) is 0.948. The van der Waals surface area contributed by atoms with Gasteiger partial charge in [0.25, 0.3) is 12.3 Å². The molecule has 0 aliphatic heterocycles. The van der Waals surface area contributed by atoms with Crippen LogP contribution in [-0.2, 0) is 0 Å². The molecule has 0 spiro atoms. The van der Waals surface area contributed by atoms with E-state index in [4.69, 9.17) is 11.5 Å². The van der Waals surface area contributed by atoms with E-state index >= 15 is 0 Å². The van der Waals surface area contributed by atoms with Crippen molar-refractivity contribution in [1.29, 1.82) is 0 Å². The molecular formula is C7H7F2N3O2. The molecule has 0 unspecified atom stereocenters. The van der Waals surface area contributed by atoms with Gasteiger partial charge in [-0.2, -0.15) is 0 Å². The number of rotatable bonds is 2. The monoisotopic (exact) mass is 203 g/mol. The zero-order valence-electron chi connectivity index (χ0n) is 6.87. The zero-order chi connectivity index (χ0) is 10.9. The second kappa shape index (κ2) is 3.44. The molecule has 0 aliphatic carbocycles. The highest BCUT2D eigenvalue weighted by Gasteiger charge is 2.22. The lowest BCUT2D eigenvalue weighted by atomic mass is 10.1. The van der Waals surface area contributed by atoms with Crippen molar-refractivity contribution in [3.63, 3.8) is 0 Å². The Labute approximate surface area is 77.3 Å². The summed E-state index contributed by atoms with van der Waals surface area (Å²) in [7, 11) is 0. The van der Waals surface area contributed by atoms with Crippen molar-refractivity contribution in [2.24, 2.45) is 5.73 Å². The van der Waals surface area contributed by atoms with E-state index in [1.807, 2.05) is 0 Å². The van der Waals surface area contributed by atoms with Crippen LogP contribution in [0.4, 0.5) is 14.5 Å². The number of carbonyl (C=O) groups excluding carboxylic acids is 1. The lowest BCUT2D eigenvalue weighted by molar-refractivity contribution is 0.0996. The average molecular weight is 203 g/mol. The molecule has 1 heterocycles. The predicted octanol–water partition coefficient (Wildman–Crippen LogP) is 0.406. The second-order valence-electron chi connectivity index (χ2n) is 2.49. The van der Waals surface area contributed by atoms with E-state index in [2.05, 4.69) is 4.98 Å². The number of amides is 1. The standard InChI is InChI=1S/C7H7F2N3O2/c8-6(9)4-5(13)3(7(11)14)2(10)1-12-4/h1,6,13H,10H2,(H2,11,14). The molecule has 0 bridgehead atoms. The first-order chi connectivity index (χ1) is 6.45. The second-order valence-corrected chi connectivity index (χ2v) is 2.49. The molecule has 5 N–H and O–H groups in total. The largest absolute Gasteiger partial charge is 0.505 e. The maximum absolute atomic E-state index is 12.2. The highest BCUT2D eigenvalue weighted by molar-refractivity contribution is 6.00. The molecular weight excluding hydrogens is 196 g/mol. The number of hydrogen-bond acceptors (Lipinski definition) is 4. The minimum absolute atomic E-state index is 0.237. The molecule has 5 nitrogen and oxygen atoms in total. The van der Waals surface area contributed by atoms with Gasteiger partial charge in [-0.1, -0.05) is 0 Å². The summed E-state index contributed by atoms with van der Waals surface area (Å²) in [4.78, 5) is 13.9. The van der Waals surface area contributed by atoms with Gasteiger partial charge in [-0.05, 0) is 0 Å². The Morgan fingerprint density at radius 3 is 2.57 bits per heavy atom. The molecule has 0 fully saturated rings. The van der Waals surface area contributed by atoms with Crippen molar-refractivity contribution < 1.29 is 18.7 Å². The highest BCUT2D eigenvalue weighted by atomic mass is 19.3. The summed E-state index contributed by atoms with van der Waals surface area (Å²) in [6.45, 7) is 0. The predicted molar refractivity (Wildman–Crippen MR) is 43.8 cm³/mol. The Balaban J connectivity index is 3.41. The number of nitrogens with zero attached hydrogens (tertiary/aromatic N) is 1. The van der Waals surface area contributed by atoms with Crippen molar-refractivity contribution in [2.75, 3.05) is 5.73 Å². The van der Waals surface area contributed by atoms with Crippen LogP contribution in [0.15, 0.2) is 6.20 Å². The van der Waals surface area contributed by atoms with Crippen molar-refractivity contribution >= 4 is 11.6 Å². The number of aromatic hydroxyl groups is 1. The van der Waals surface area contributed by atoms with Crippen LogP contribution in [0.1, 0.15) is 22.5 Å². The summed E-state index contributed by atoms with van der Waals surface area (Å²) in [5.74, 6) is -2.04. The highest BCUT2D eigenvalue weighted by Crippen LogP contribution is 2.31. The first-order valence-corrected chi connectivity index (χ1v) is 3.50. The van der Waals surface area contributed by atoms with Gasteiger partial charge in [0.2, 0.25) is 0 Å². The molecule has 76 valence electrons. The normalized spacial score (nSPS) is 10.5. The zero-order valence-corrected chi connectivity index (χ0v) is 6.87. The quantitative estimate of drug-likeness (QED) is 0.647. The summed E-state index contributed by atoms with van der Waals surface area (Å²) < 4.78 is 24.4. The molecule has 0 saturated carbocycles. The lowest BCUT2D eigenvalue weighted by Gasteiger charge is -2.07. The van der Waals surface area contributed by atoms with Gasteiger partial charge in [0.15, 0.2) is 5.75 Å². The van der Waals surface area contributed by atoms with E-state index in [0.29, 0.717) is 0 Å². The number of anilines is 1. The van der Waals surface area contributed by atoms with E-state index in [9.17, 15) is 18.7 Å². The molecule has 0 aliphatic rings. The third-order valence-electron chi connectivity index (χ3n) is 1.56. The van der Waals surface area contributed by atoms with Crippen LogP contribution in [-0.4, -0.2) is 16.0 Å². The fourth-order valence-corrected chi connectivity index (χ4v) is 0.948. The van der Waals surface area contributed by atoms with Crippen LogP contribution < -0.4 is 11.5 Å². The molecule has 1 aromatic heterocycles. The smallest absolute Gasteiger partial charge is 0.284 e. The summed E-state index contributed by atoms with van der Waals surface area (Å²) in [5, 5.41) is 9.19. The molecule has 1 rings (SSSR count). The van der Waals surface area contributed by atoms with Crippen molar-refractivity contribution in [2.45, 2.75) is 6.43 Å². The summed E-state index contributed by atoms with van der Waals surface area (Å²) in [5.41, 5.74) is 8.38. The summed E-state index contributed by atoms with van der Waals surface area (Å²) >= 11 is 0. The number of aromatic nitrogens is 1. The Kier molecular flexibility index (Phi) is 2.50. The molecule has 1 aromatic rings. The number of halogens is 2. The topological polar surface area (TPSA) is 102 Å². The number of hydrogen-bond donors (Lipinski definition) is 3. The molecule has 0 saturated heterocycles. The van der Waals surface area contributed by atoms with E-state index in [0.717, 1.165) is 6.20 Å². The maximum Gasteiger partial charge on any atom is 0.284 e. The number of alkyl halides is 2. The van der Waals surface area contributed by atoms with Crippen LogP contribution in [0.3, 0.4) is 0 Å². The van der Waals surface area contributed by atoms with Gasteiger partial charge >= 0.3 is 0 Å². The first kappa shape index (κ1) is 10.2. The van der Waals surface area contributed by atoms with Crippen LogP contribution >= 0.6 is 0 Å². The SMILES string of the molecule is NC(=O)c1c(N)cnc(C(F)F)c1O. The minimum atomic E-state index is -2.99. The van der Waals surface area contributed by atoms with Crippen LogP contribution in [0.5, 0.6) is 5.75 Å². The van der Waals surface area contributed by atoms with E-state index in [1.165, 1.54) is 0 Å². The van der Waals surface area contributed by atoms with Crippen LogP contribution in [0, 0.1) is 0 Å². The number of carbonyl (C=O) groups is 1. The number of nitrogens with two attached hydrogens (primary N) is 2. The van der Waals surface area contributed by atoms with Crippen molar-refractivity contribution in [3.8, 4) is 5.75 Å². The number of pyridine rings is 1. The number of primary amides is 1. The minimum Gasteiger partial charge on any atom is -0.505 e. The fraction of sp³-hybridized carbons (Fsp3) is 0.143. The van der Waals surface area contributed by atoms with Gasteiger partial charge in [0, 0.05) is 0 Å². The summed E-state index contributed by atoms with van der Waals surface area (Å²) in [6.07, 6.45) is -2.14. The van der Waals surface area contributed by atoms with Gasteiger partial charge < -0.3 is 16.6 Å². The third-order valence-corrected chi connectivity index (χ3v) is 1.56. The molecule has 1 amide bonds. The van der Waals surface area contributed by atoms with Gasteiger partial charge in [0.1, 0.15) is 11.3 Å². The van der Waals surface area contributed by atoms with Crippen molar-refractivity contribution in [1.82, 2.24) is 4.98 Å². The molecule has 0 atom stereocenters. The molecule has 7 heteroatoms. The Morgan fingerprint density at radius 1 is 1.57 bits per heavy atom. The van der Waals surface area contributed by atoms with E-state index < -0.39 is 29.3 Å². The maximum atomic E-state index is 12.2. The average Bonchev–Trinajstić information content (AvgIpc) is 2.02. The van der Waals surface area contributed by atoms with E-state index in [1.54, 1.807) is 0 Å². The van der Waals surface area contributed by atoms with Gasteiger partial charge in [-0.3, -0.25) is 4.79 Å². The van der Waals surface area contributed by atoms with Gasteiger partial charge in [0.05, 0.1) is 11.9 Å². The van der Waals surface area contributed by atoms with Gasteiger partial charge in [-0.15, -0.1) is 0 Å². The summed E-state index contributed by atoms with van der Waals surface area (Å²) in [6, 6.07) is 0.